The molecule has 28 heavy (non-hydrogen) atoms. The molecule has 2 aliphatic carbocycles. The summed E-state index contributed by atoms with van der Waals surface area (Å²) in [6, 6.07) is 6.98. The SMILES string of the molecule is CC(C)C(=O)NC(C)(C)C1C[C@H]2CC(c3ccnc4ccc(F)cc34)C[C@H]2C1. The Bertz CT molecular complexity index is 877. The number of nitrogens with zero attached hydrogens (tertiary/aromatic N) is 1. The minimum atomic E-state index is -0.192. The van der Waals surface area contributed by atoms with Gasteiger partial charge in [-0.05, 0) is 93.0 Å². The number of aromatic nitrogens is 1. The van der Waals surface area contributed by atoms with E-state index < -0.39 is 0 Å². The maximum atomic E-state index is 13.8. The summed E-state index contributed by atoms with van der Waals surface area (Å²) in [5.41, 5.74) is 1.97. The minimum Gasteiger partial charge on any atom is -0.351 e. The molecule has 2 saturated carbocycles. The third-order valence-electron chi connectivity index (χ3n) is 7.18. The summed E-state index contributed by atoms with van der Waals surface area (Å²) >= 11 is 0. The van der Waals surface area contributed by atoms with Crippen molar-refractivity contribution >= 4 is 16.8 Å². The van der Waals surface area contributed by atoms with Gasteiger partial charge in [0, 0.05) is 23.0 Å². The van der Waals surface area contributed by atoms with E-state index in [2.05, 4.69) is 30.2 Å². The van der Waals surface area contributed by atoms with E-state index in [4.69, 9.17) is 0 Å². The van der Waals surface area contributed by atoms with Gasteiger partial charge in [-0.25, -0.2) is 4.39 Å². The molecule has 0 radical (unpaired) electrons. The number of pyridine rings is 1. The Morgan fingerprint density at radius 3 is 2.46 bits per heavy atom. The molecule has 1 amide bonds. The van der Waals surface area contributed by atoms with Crippen molar-refractivity contribution in [3.05, 3.63) is 41.8 Å². The molecule has 2 aromatic rings. The summed E-state index contributed by atoms with van der Waals surface area (Å²) in [5.74, 6) is 2.37. The van der Waals surface area contributed by atoms with Crippen molar-refractivity contribution in [2.24, 2.45) is 23.7 Å². The van der Waals surface area contributed by atoms with Crippen molar-refractivity contribution in [2.45, 2.75) is 64.8 Å². The van der Waals surface area contributed by atoms with Gasteiger partial charge in [0.15, 0.2) is 0 Å². The van der Waals surface area contributed by atoms with E-state index in [9.17, 15) is 9.18 Å². The van der Waals surface area contributed by atoms with Crippen molar-refractivity contribution in [3.63, 3.8) is 0 Å². The lowest BCUT2D eigenvalue weighted by molar-refractivity contribution is -0.126. The zero-order valence-corrected chi connectivity index (χ0v) is 17.3. The molecule has 0 aliphatic heterocycles. The number of carbonyl (C=O) groups is 1. The van der Waals surface area contributed by atoms with Gasteiger partial charge in [-0.15, -0.1) is 0 Å². The van der Waals surface area contributed by atoms with Crippen LogP contribution >= 0.6 is 0 Å². The zero-order chi connectivity index (χ0) is 20.1. The molecule has 4 heteroatoms. The first kappa shape index (κ1) is 19.4. The number of hydrogen-bond donors (Lipinski definition) is 1. The van der Waals surface area contributed by atoms with Gasteiger partial charge in [0.1, 0.15) is 5.82 Å². The Morgan fingerprint density at radius 1 is 1.14 bits per heavy atom. The second kappa shape index (κ2) is 7.13. The van der Waals surface area contributed by atoms with Crippen LogP contribution in [0.1, 0.15) is 64.9 Å². The molecule has 1 aromatic carbocycles. The number of amides is 1. The maximum absolute atomic E-state index is 13.8. The highest BCUT2D eigenvalue weighted by molar-refractivity contribution is 5.82. The van der Waals surface area contributed by atoms with E-state index in [1.807, 2.05) is 20.0 Å². The predicted octanol–water partition coefficient (Wildman–Crippen LogP) is 5.44. The van der Waals surface area contributed by atoms with Crippen LogP contribution in [0.3, 0.4) is 0 Å². The van der Waals surface area contributed by atoms with Gasteiger partial charge >= 0.3 is 0 Å². The van der Waals surface area contributed by atoms with E-state index in [0.717, 1.165) is 23.7 Å². The van der Waals surface area contributed by atoms with Crippen LogP contribution in [0, 0.1) is 29.5 Å². The molecule has 0 spiro atoms. The summed E-state index contributed by atoms with van der Waals surface area (Å²) in [7, 11) is 0. The van der Waals surface area contributed by atoms with E-state index in [0.29, 0.717) is 23.7 Å². The molecule has 4 rings (SSSR count). The van der Waals surface area contributed by atoms with Crippen molar-refractivity contribution in [3.8, 4) is 0 Å². The van der Waals surface area contributed by atoms with Crippen molar-refractivity contribution in [1.29, 1.82) is 0 Å². The first-order valence-corrected chi connectivity index (χ1v) is 10.6. The maximum Gasteiger partial charge on any atom is 0.222 e. The van der Waals surface area contributed by atoms with Crippen LogP contribution in [0.15, 0.2) is 30.5 Å². The molecular formula is C24H31FN2O. The number of rotatable bonds is 4. The Hall–Kier alpha value is -1.97. The molecule has 150 valence electrons. The third-order valence-corrected chi connectivity index (χ3v) is 7.18. The first-order valence-electron chi connectivity index (χ1n) is 10.6. The summed E-state index contributed by atoms with van der Waals surface area (Å²) in [6.07, 6.45) is 6.51. The van der Waals surface area contributed by atoms with E-state index in [1.54, 1.807) is 12.1 Å². The molecule has 1 aromatic heterocycles. The Labute approximate surface area is 167 Å². The molecule has 2 fully saturated rings. The van der Waals surface area contributed by atoms with Gasteiger partial charge in [-0.2, -0.15) is 0 Å². The van der Waals surface area contributed by atoms with Crippen LogP contribution in [0.5, 0.6) is 0 Å². The van der Waals surface area contributed by atoms with Crippen LogP contribution in [0.25, 0.3) is 10.9 Å². The summed E-state index contributed by atoms with van der Waals surface area (Å²) in [6.45, 7) is 8.24. The number of halogens is 1. The van der Waals surface area contributed by atoms with Gasteiger partial charge in [0.05, 0.1) is 5.52 Å². The lowest BCUT2D eigenvalue weighted by Crippen LogP contribution is -2.50. The topological polar surface area (TPSA) is 42.0 Å². The largest absolute Gasteiger partial charge is 0.351 e. The van der Waals surface area contributed by atoms with E-state index in [-0.39, 0.29) is 23.2 Å². The van der Waals surface area contributed by atoms with Crippen LogP contribution in [0.2, 0.25) is 0 Å². The number of hydrogen-bond acceptors (Lipinski definition) is 2. The molecular weight excluding hydrogens is 351 g/mol. The molecule has 1 heterocycles. The standard InChI is InChI=1S/C24H31FN2O/c1-14(2)23(28)27-24(3,4)18-11-15-9-17(10-16(15)12-18)20-7-8-26-22-6-5-19(25)13-21(20)22/h5-8,13-18H,9-12H2,1-4H3,(H,27,28)/t15-,16+,17?,18?. The Kier molecular flexibility index (Phi) is 4.93. The molecule has 0 saturated heterocycles. The van der Waals surface area contributed by atoms with Crippen LogP contribution < -0.4 is 5.32 Å². The summed E-state index contributed by atoms with van der Waals surface area (Å²) in [4.78, 5) is 16.6. The third kappa shape index (κ3) is 3.54. The quantitative estimate of drug-likeness (QED) is 0.764. The predicted molar refractivity (Wildman–Crippen MR) is 110 cm³/mol. The first-order chi connectivity index (χ1) is 13.2. The zero-order valence-electron chi connectivity index (χ0n) is 17.3. The number of fused-ring (bicyclic) bond motifs is 2. The highest BCUT2D eigenvalue weighted by Crippen LogP contribution is 2.55. The van der Waals surface area contributed by atoms with Crippen molar-refractivity contribution < 1.29 is 9.18 Å². The Balaban J connectivity index is 1.48. The van der Waals surface area contributed by atoms with Gasteiger partial charge in [-0.3, -0.25) is 9.78 Å². The minimum absolute atomic E-state index is 0.0184. The highest BCUT2D eigenvalue weighted by atomic mass is 19.1. The van der Waals surface area contributed by atoms with Gasteiger partial charge in [0.2, 0.25) is 5.91 Å². The molecule has 3 nitrogen and oxygen atoms in total. The van der Waals surface area contributed by atoms with Gasteiger partial charge in [-0.1, -0.05) is 13.8 Å². The highest BCUT2D eigenvalue weighted by Gasteiger charge is 2.47. The fraction of sp³-hybridized carbons (Fsp3) is 0.583. The van der Waals surface area contributed by atoms with Crippen LogP contribution in [0.4, 0.5) is 4.39 Å². The Morgan fingerprint density at radius 2 is 1.82 bits per heavy atom. The summed E-state index contributed by atoms with van der Waals surface area (Å²) in [5, 5.41) is 4.24. The van der Waals surface area contributed by atoms with Gasteiger partial charge < -0.3 is 5.32 Å². The van der Waals surface area contributed by atoms with Crippen LogP contribution in [-0.2, 0) is 4.79 Å². The number of benzene rings is 1. The molecule has 0 bridgehead atoms. The van der Waals surface area contributed by atoms with E-state index >= 15 is 0 Å². The lowest BCUT2D eigenvalue weighted by Gasteiger charge is -2.34. The normalized spacial score (nSPS) is 27.4. The second-order valence-corrected chi connectivity index (χ2v) is 9.78. The fourth-order valence-electron chi connectivity index (χ4n) is 5.52. The molecule has 2 unspecified atom stereocenters. The average molecular weight is 383 g/mol. The average Bonchev–Trinajstić information content (AvgIpc) is 3.20. The smallest absolute Gasteiger partial charge is 0.222 e. The number of nitrogens with one attached hydrogen (secondary N) is 1. The monoisotopic (exact) mass is 382 g/mol. The van der Waals surface area contributed by atoms with Gasteiger partial charge in [0.25, 0.3) is 0 Å². The number of carbonyl (C=O) groups excluding carboxylic acids is 1. The lowest BCUT2D eigenvalue weighted by atomic mass is 9.82. The fourth-order valence-corrected chi connectivity index (χ4v) is 5.52. The van der Waals surface area contributed by atoms with Crippen molar-refractivity contribution in [2.75, 3.05) is 0 Å². The molecule has 2 aliphatic rings. The van der Waals surface area contributed by atoms with Crippen LogP contribution in [-0.4, -0.2) is 16.4 Å². The van der Waals surface area contributed by atoms with Crippen molar-refractivity contribution in [1.82, 2.24) is 10.3 Å². The second-order valence-electron chi connectivity index (χ2n) is 9.78. The molecule has 4 atom stereocenters. The summed E-state index contributed by atoms with van der Waals surface area (Å²) < 4.78 is 13.8. The molecule has 1 N–H and O–H groups in total. The van der Waals surface area contributed by atoms with E-state index in [1.165, 1.54) is 24.5 Å².